The summed E-state index contributed by atoms with van der Waals surface area (Å²) >= 11 is 5.67. The molecule has 82 valence electrons. The van der Waals surface area contributed by atoms with Crippen LogP contribution in [0.25, 0.3) is 0 Å². The topological polar surface area (TPSA) is 12.0 Å². The Balaban J connectivity index is 2.05. The Kier molecular flexibility index (Phi) is 2.94. The van der Waals surface area contributed by atoms with E-state index >= 15 is 0 Å². The summed E-state index contributed by atoms with van der Waals surface area (Å²) in [6, 6.07) is 6.14. The maximum atomic E-state index is 13.6. The molecular weight excluding hydrogens is 220 g/mol. The van der Waals surface area contributed by atoms with E-state index in [1.807, 2.05) is 0 Å². The maximum Gasteiger partial charge on any atom is 0.285 e. The number of halogens is 3. The Morgan fingerprint density at radius 3 is 2.73 bits per heavy atom. The highest BCUT2D eigenvalue weighted by atomic mass is 35.5. The Hall–Kier alpha value is -0.670. The van der Waals surface area contributed by atoms with E-state index < -0.39 is 5.92 Å². The van der Waals surface area contributed by atoms with Gasteiger partial charge in [-0.15, -0.1) is 0 Å². The van der Waals surface area contributed by atoms with Crippen LogP contribution in [0.4, 0.5) is 8.78 Å². The van der Waals surface area contributed by atoms with Gasteiger partial charge in [0.05, 0.1) is 6.54 Å². The normalized spacial score (nSPS) is 16.7. The zero-order valence-corrected chi connectivity index (χ0v) is 8.90. The fourth-order valence-corrected chi connectivity index (χ4v) is 1.57. The average molecular weight is 232 g/mol. The van der Waals surface area contributed by atoms with Crippen molar-refractivity contribution in [3.63, 3.8) is 0 Å². The molecule has 0 heterocycles. The monoisotopic (exact) mass is 231 g/mol. The minimum absolute atomic E-state index is 0.0249. The summed E-state index contributed by atoms with van der Waals surface area (Å²) in [7, 11) is 0. The van der Waals surface area contributed by atoms with E-state index in [0.29, 0.717) is 5.02 Å². The molecule has 0 radical (unpaired) electrons. The maximum absolute atomic E-state index is 13.6. The smallest absolute Gasteiger partial charge is 0.285 e. The molecule has 1 N–H and O–H groups in total. The molecule has 2 rings (SSSR count). The number of hydrogen-bond donors (Lipinski definition) is 1. The molecule has 0 atom stereocenters. The summed E-state index contributed by atoms with van der Waals surface area (Å²) in [6.07, 6.45) is 2.01. The lowest BCUT2D eigenvalue weighted by molar-refractivity contribution is -0.00348. The highest BCUT2D eigenvalue weighted by molar-refractivity contribution is 6.30. The SMILES string of the molecule is FC(F)(CNC1CC1)c1cccc(Cl)c1. The molecule has 0 aliphatic heterocycles. The number of alkyl halides is 2. The van der Waals surface area contributed by atoms with Gasteiger partial charge in [-0.05, 0) is 25.0 Å². The van der Waals surface area contributed by atoms with E-state index in [2.05, 4.69) is 5.32 Å². The van der Waals surface area contributed by atoms with E-state index in [9.17, 15) is 8.78 Å². The largest absolute Gasteiger partial charge is 0.308 e. The minimum Gasteiger partial charge on any atom is -0.308 e. The first-order chi connectivity index (χ1) is 7.08. The van der Waals surface area contributed by atoms with Crippen molar-refractivity contribution >= 4 is 11.6 Å². The first-order valence-corrected chi connectivity index (χ1v) is 5.33. The first kappa shape index (κ1) is 10.8. The van der Waals surface area contributed by atoms with Gasteiger partial charge in [0.15, 0.2) is 0 Å². The van der Waals surface area contributed by atoms with Crippen LogP contribution in [0.1, 0.15) is 18.4 Å². The minimum atomic E-state index is -2.84. The van der Waals surface area contributed by atoms with Gasteiger partial charge < -0.3 is 5.32 Å². The third-order valence-electron chi connectivity index (χ3n) is 2.44. The molecule has 1 aromatic carbocycles. The van der Waals surface area contributed by atoms with Crippen LogP contribution < -0.4 is 5.32 Å². The number of rotatable bonds is 4. The van der Waals surface area contributed by atoms with Gasteiger partial charge in [-0.25, -0.2) is 0 Å². The van der Waals surface area contributed by atoms with Crippen molar-refractivity contribution in [2.24, 2.45) is 0 Å². The zero-order chi connectivity index (χ0) is 10.9. The highest BCUT2D eigenvalue weighted by Gasteiger charge is 2.34. The van der Waals surface area contributed by atoms with Crippen LogP contribution in [0.5, 0.6) is 0 Å². The van der Waals surface area contributed by atoms with Crippen molar-refractivity contribution in [2.75, 3.05) is 6.54 Å². The molecular formula is C11H12ClF2N. The molecule has 1 saturated carbocycles. The van der Waals surface area contributed by atoms with E-state index in [1.165, 1.54) is 12.1 Å². The molecule has 0 bridgehead atoms. The molecule has 1 fully saturated rings. The fraction of sp³-hybridized carbons (Fsp3) is 0.455. The lowest BCUT2D eigenvalue weighted by Crippen LogP contribution is -2.32. The van der Waals surface area contributed by atoms with Gasteiger partial charge in [0.2, 0.25) is 0 Å². The second kappa shape index (κ2) is 4.06. The van der Waals surface area contributed by atoms with Crippen LogP contribution in [0.15, 0.2) is 24.3 Å². The first-order valence-electron chi connectivity index (χ1n) is 4.95. The highest BCUT2D eigenvalue weighted by Crippen LogP contribution is 2.30. The molecule has 1 aliphatic rings. The van der Waals surface area contributed by atoms with Gasteiger partial charge >= 0.3 is 0 Å². The predicted molar refractivity (Wildman–Crippen MR) is 56.4 cm³/mol. The van der Waals surface area contributed by atoms with Gasteiger partial charge in [-0.2, -0.15) is 8.78 Å². The van der Waals surface area contributed by atoms with Crippen LogP contribution in [0.2, 0.25) is 5.02 Å². The molecule has 1 nitrogen and oxygen atoms in total. The molecule has 0 spiro atoms. The number of nitrogens with one attached hydrogen (secondary N) is 1. The summed E-state index contributed by atoms with van der Waals surface area (Å²) in [5.41, 5.74) is -0.0249. The zero-order valence-electron chi connectivity index (χ0n) is 8.14. The van der Waals surface area contributed by atoms with Crippen molar-refractivity contribution in [1.29, 1.82) is 0 Å². The summed E-state index contributed by atoms with van der Waals surface area (Å²) in [6.45, 7) is -0.308. The van der Waals surface area contributed by atoms with Crippen LogP contribution in [0, 0.1) is 0 Å². The molecule has 15 heavy (non-hydrogen) atoms. The van der Waals surface area contributed by atoms with Crippen molar-refractivity contribution < 1.29 is 8.78 Å². The van der Waals surface area contributed by atoms with Crippen LogP contribution in [-0.4, -0.2) is 12.6 Å². The molecule has 1 aliphatic carbocycles. The summed E-state index contributed by atoms with van der Waals surface area (Å²) in [4.78, 5) is 0. The second-order valence-corrected chi connectivity index (χ2v) is 4.31. The Morgan fingerprint density at radius 2 is 2.13 bits per heavy atom. The molecule has 0 amide bonds. The number of benzene rings is 1. The third-order valence-corrected chi connectivity index (χ3v) is 2.67. The Bertz CT molecular complexity index is 350. The van der Waals surface area contributed by atoms with Gasteiger partial charge in [0, 0.05) is 16.6 Å². The van der Waals surface area contributed by atoms with Gasteiger partial charge in [0.1, 0.15) is 0 Å². The molecule has 4 heteroatoms. The summed E-state index contributed by atoms with van der Waals surface area (Å²) < 4.78 is 27.2. The second-order valence-electron chi connectivity index (χ2n) is 3.87. The van der Waals surface area contributed by atoms with Gasteiger partial charge in [-0.3, -0.25) is 0 Å². The van der Waals surface area contributed by atoms with Crippen molar-refractivity contribution in [3.05, 3.63) is 34.9 Å². The lowest BCUT2D eigenvalue weighted by atomic mass is 10.1. The van der Waals surface area contributed by atoms with Crippen molar-refractivity contribution in [2.45, 2.75) is 24.8 Å². The molecule has 0 aromatic heterocycles. The molecule has 0 saturated heterocycles. The van der Waals surface area contributed by atoms with E-state index in [0.717, 1.165) is 12.8 Å². The Labute approximate surface area is 92.4 Å². The third kappa shape index (κ3) is 2.89. The standard InChI is InChI=1S/C11H12ClF2N/c12-9-3-1-2-8(6-9)11(13,14)7-15-10-4-5-10/h1-3,6,10,15H,4-5,7H2. The molecule has 0 unspecified atom stereocenters. The Morgan fingerprint density at radius 1 is 1.40 bits per heavy atom. The average Bonchev–Trinajstić information content (AvgIpc) is 2.98. The van der Waals surface area contributed by atoms with Crippen LogP contribution in [0.3, 0.4) is 0 Å². The van der Waals surface area contributed by atoms with E-state index in [4.69, 9.17) is 11.6 Å². The quantitative estimate of drug-likeness (QED) is 0.839. The van der Waals surface area contributed by atoms with Crippen molar-refractivity contribution in [3.8, 4) is 0 Å². The van der Waals surface area contributed by atoms with Crippen molar-refractivity contribution in [1.82, 2.24) is 5.32 Å². The lowest BCUT2D eigenvalue weighted by Gasteiger charge is -2.17. The van der Waals surface area contributed by atoms with Crippen LogP contribution >= 0.6 is 11.6 Å². The fourth-order valence-electron chi connectivity index (χ4n) is 1.38. The van der Waals surface area contributed by atoms with Crippen LogP contribution in [-0.2, 0) is 5.92 Å². The van der Waals surface area contributed by atoms with E-state index in [-0.39, 0.29) is 18.2 Å². The van der Waals surface area contributed by atoms with Gasteiger partial charge in [0.25, 0.3) is 5.92 Å². The predicted octanol–water partition coefficient (Wildman–Crippen LogP) is 3.18. The van der Waals surface area contributed by atoms with E-state index in [1.54, 1.807) is 12.1 Å². The number of hydrogen-bond acceptors (Lipinski definition) is 1. The summed E-state index contributed by atoms with van der Waals surface area (Å²) in [5.74, 6) is -2.84. The summed E-state index contributed by atoms with van der Waals surface area (Å²) in [5, 5.41) is 3.17. The molecule has 1 aromatic rings. The van der Waals surface area contributed by atoms with Gasteiger partial charge in [-0.1, -0.05) is 23.7 Å².